The molecule has 1 aromatic heterocycles. The van der Waals surface area contributed by atoms with Gasteiger partial charge < -0.3 is 9.30 Å². The highest BCUT2D eigenvalue weighted by molar-refractivity contribution is 8.27. The molecule has 4 nitrogen and oxygen atoms in total. The molecule has 5 rings (SSSR count). The van der Waals surface area contributed by atoms with Crippen LogP contribution in [0.25, 0.3) is 17.0 Å². The van der Waals surface area contributed by atoms with E-state index < -0.39 is 0 Å². The molecule has 35 heavy (non-hydrogen) atoms. The lowest BCUT2D eigenvalue weighted by atomic mass is 10.1. The lowest BCUT2D eigenvalue weighted by Gasteiger charge is -2.13. The lowest BCUT2D eigenvalue weighted by Crippen LogP contribution is -2.27. The minimum atomic E-state index is -0.0788. The van der Waals surface area contributed by atoms with E-state index in [4.69, 9.17) is 17.0 Å². The van der Waals surface area contributed by atoms with Crippen molar-refractivity contribution >= 4 is 56.9 Å². The summed E-state index contributed by atoms with van der Waals surface area (Å²) in [5.41, 5.74) is 5.35. The van der Waals surface area contributed by atoms with Crippen molar-refractivity contribution < 1.29 is 9.53 Å². The average Bonchev–Trinajstić information content (AvgIpc) is 3.34. The lowest BCUT2D eigenvalue weighted by molar-refractivity contribution is -0.113. The van der Waals surface area contributed by atoms with Crippen molar-refractivity contribution in [1.29, 1.82) is 0 Å². The van der Waals surface area contributed by atoms with Crippen LogP contribution in [-0.4, -0.2) is 21.4 Å². The number of thioether (sulfide) groups is 1. The van der Waals surface area contributed by atoms with Crippen molar-refractivity contribution in [2.45, 2.75) is 26.8 Å². The highest BCUT2D eigenvalue weighted by Gasteiger charge is 2.33. The third kappa shape index (κ3) is 4.90. The molecule has 1 amide bonds. The molecule has 0 bridgehead atoms. The summed E-state index contributed by atoms with van der Waals surface area (Å²) in [7, 11) is 0. The molecule has 176 valence electrons. The molecule has 1 aliphatic rings. The first-order valence-corrected chi connectivity index (χ1v) is 12.8. The Morgan fingerprint density at radius 2 is 1.77 bits per heavy atom. The minimum Gasteiger partial charge on any atom is -0.493 e. The summed E-state index contributed by atoms with van der Waals surface area (Å²) in [5, 5.41) is 1.12. The number of hydrogen-bond donors (Lipinski definition) is 0. The maximum atomic E-state index is 13.2. The molecule has 4 aromatic rings. The summed E-state index contributed by atoms with van der Waals surface area (Å²) in [5.74, 6) is 0.860. The Morgan fingerprint density at radius 1 is 1.00 bits per heavy atom. The summed E-state index contributed by atoms with van der Waals surface area (Å²) in [6, 6.07) is 24.1. The smallest absolute Gasteiger partial charge is 0.270 e. The Balaban J connectivity index is 1.34. The van der Waals surface area contributed by atoms with Gasteiger partial charge >= 0.3 is 0 Å². The van der Waals surface area contributed by atoms with E-state index in [1.807, 2.05) is 54.6 Å². The fourth-order valence-corrected chi connectivity index (χ4v) is 5.65. The number of thiocarbonyl (C=S) groups is 1. The number of anilines is 1. The van der Waals surface area contributed by atoms with E-state index in [9.17, 15) is 4.79 Å². The van der Waals surface area contributed by atoms with Crippen molar-refractivity contribution in [3.8, 4) is 5.75 Å². The zero-order valence-corrected chi connectivity index (χ0v) is 21.4. The van der Waals surface area contributed by atoms with Gasteiger partial charge in [-0.05, 0) is 56.2 Å². The number of carbonyl (C=O) groups excluding carboxylic acids is 1. The van der Waals surface area contributed by atoms with Crippen LogP contribution >= 0.6 is 24.0 Å². The van der Waals surface area contributed by atoms with Gasteiger partial charge in [0, 0.05) is 29.2 Å². The van der Waals surface area contributed by atoms with E-state index in [0.717, 1.165) is 46.4 Å². The van der Waals surface area contributed by atoms with E-state index in [2.05, 4.69) is 48.9 Å². The summed E-state index contributed by atoms with van der Waals surface area (Å²) < 4.78 is 8.82. The zero-order chi connectivity index (χ0) is 24.4. The number of carbonyl (C=O) groups is 1. The molecule has 0 N–H and O–H groups in total. The number of para-hydroxylation sites is 2. The molecule has 6 heteroatoms. The largest absolute Gasteiger partial charge is 0.493 e. The zero-order valence-electron chi connectivity index (χ0n) is 19.7. The average molecular weight is 499 g/mol. The SMILES string of the molecule is Cc1ccc(OCCCn2cc(C=C3SC(=S)N(c4ccccc4)C3=O)c3ccccc32)c(C)c1. The van der Waals surface area contributed by atoms with Crippen molar-refractivity contribution in [3.63, 3.8) is 0 Å². The van der Waals surface area contributed by atoms with Crippen LogP contribution in [0, 0.1) is 13.8 Å². The molecule has 1 fully saturated rings. The highest BCUT2D eigenvalue weighted by Crippen LogP contribution is 2.37. The molecule has 0 spiro atoms. The molecule has 0 aliphatic carbocycles. The fraction of sp³-hybridized carbons (Fsp3) is 0.172. The second kappa shape index (κ2) is 10.1. The number of aryl methyl sites for hydroxylation is 3. The number of hydrogen-bond acceptors (Lipinski definition) is 4. The summed E-state index contributed by atoms with van der Waals surface area (Å²) in [6.07, 6.45) is 4.96. The van der Waals surface area contributed by atoms with Crippen LogP contribution in [-0.2, 0) is 11.3 Å². The molecular weight excluding hydrogens is 472 g/mol. The molecule has 0 atom stereocenters. The van der Waals surface area contributed by atoms with Crippen LogP contribution in [0.1, 0.15) is 23.1 Å². The van der Waals surface area contributed by atoms with Gasteiger partial charge in [0.2, 0.25) is 0 Å². The third-order valence-corrected chi connectivity index (χ3v) is 7.35. The van der Waals surface area contributed by atoms with E-state index in [0.29, 0.717) is 15.8 Å². The minimum absolute atomic E-state index is 0.0788. The summed E-state index contributed by atoms with van der Waals surface area (Å²) in [6.45, 7) is 5.63. The molecule has 0 unspecified atom stereocenters. The van der Waals surface area contributed by atoms with E-state index >= 15 is 0 Å². The molecule has 2 heterocycles. The number of nitrogens with zero attached hydrogens (tertiary/aromatic N) is 2. The number of benzene rings is 3. The van der Waals surface area contributed by atoms with Crippen LogP contribution < -0.4 is 9.64 Å². The van der Waals surface area contributed by atoms with Crippen LogP contribution in [0.2, 0.25) is 0 Å². The Kier molecular flexibility index (Phi) is 6.75. The molecule has 0 radical (unpaired) electrons. The normalized spacial score (nSPS) is 14.9. The quantitative estimate of drug-likeness (QED) is 0.154. The second-order valence-corrected chi connectivity index (χ2v) is 10.3. The first-order chi connectivity index (χ1) is 17.0. The van der Waals surface area contributed by atoms with Crippen LogP contribution in [0.5, 0.6) is 5.75 Å². The molecule has 0 saturated carbocycles. The van der Waals surface area contributed by atoms with Crippen molar-refractivity contribution in [3.05, 3.63) is 101 Å². The highest BCUT2D eigenvalue weighted by atomic mass is 32.2. The Morgan fingerprint density at radius 3 is 2.57 bits per heavy atom. The van der Waals surface area contributed by atoms with E-state index in [1.165, 1.54) is 17.3 Å². The maximum absolute atomic E-state index is 13.2. The number of ether oxygens (including phenoxy) is 1. The Bertz CT molecular complexity index is 1440. The topological polar surface area (TPSA) is 34.5 Å². The molecule has 1 saturated heterocycles. The molecule has 3 aromatic carbocycles. The predicted molar refractivity (Wildman–Crippen MR) is 150 cm³/mol. The van der Waals surface area contributed by atoms with Crippen LogP contribution in [0.4, 0.5) is 5.69 Å². The van der Waals surface area contributed by atoms with Gasteiger partial charge in [-0.3, -0.25) is 9.69 Å². The number of amides is 1. The molecular formula is C29H26N2O2S2. The maximum Gasteiger partial charge on any atom is 0.270 e. The number of aromatic nitrogens is 1. The first-order valence-electron chi connectivity index (χ1n) is 11.6. The first kappa shape index (κ1) is 23.4. The van der Waals surface area contributed by atoms with Gasteiger partial charge in [0.05, 0.1) is 17.2 Å². The van der Waals surface area contributed by atoms with Gasteiger partial charge in [0.15, 0.2) is 4.32 Å². The van der Waals surface area contributed by atoms with Gasteiger partial charge in [-0.1, -0.05) is 78.1 Å². The van der Waals surface area contributed by atoms with Gasteiger partial charge in [0.25, 0.3) is 5.91 Å². The van der Waals surface area contributed by atoms with Gasteiger partial charge in [-0.25, -0.2) is 0 Å². The number of rotatable bonds is 7. The Hall–Kier alpha value is -3.35. The standard InChI is InChI=1S/C29H26N2O2S2/c1-20-13-14-26(21(2)17-20)33-16-8-15-30-19-22(24-11-6-7-12-25(24)30)18-27-28(32)31(29(34)35-27)23-9-4-3-5-10-23/h3-7,9-14,17-19H,8,15-16H2,1-2H3. The van der Waals surface area contributed by atoms with Crippen molar-refractivity contribution in [2.24, 2.45) is 0 Å². The summed E-state index contributed by atoms with van der Waals surface area (Å²) in [4.78, 5) is 15.4. The summed E-state index contributed by atoms with van der Waals surface area (Å²) >= 11 is 6.88. The van der Waals surface area contributed by atoms with Crippen LogP contribution in [0.3, 0.4) is 0 Å². The van der Waals surface area contributed by atoms with Gasteiger partial charge in [-0.2, -0.15) is 0 Å². The van der Waals surface area contributed by atoms with E-state index in [1.54, 1.807) is 4.90 Å². The third-order valence-electron chi connectivity index (χ3n) is 6.05. The van der Waals surface area contributed by atoms with Crippen molar-refractivity contribution in [1.82, 2.24) is 4.57 Å². The molecule has 1 aliphatic heterocycles. The van der Waals surface area contributed by atoms with Gasteiger partial charge in [-0.15, -0.1) is 0 Å². The van der Waals surface area contributed by atoms with E-state index in [-0.39, 0.29) is 5.91 Å². The monoisotopic (exact) mass is 498 g/mol. The van der Waals surface area contributed by atoms with Gasteiger partial charge in [0.1, 0.15) is 5.75 Å². The van der Waals surface area contributed by atoms with Crippen LogP contribution in [0.15, 0.2) is 83.9 Å². The fourth-order valence-electron chi connectivity index (χ4n) is 4.36. The van der Waals surface area contributed by atoms with Crippen molar-refractivity contribution in [2.75, 3.05) is 11.5 Å². The predicted octanol–water partition coefficient (Wildman–Crippen LogP) is 7.13. The number of fused-ring (bicyclic) bond motifs is 1. The second-order valence-electron chi connectivity index (χ2n) is 8.62. The Labute approximate surface area is 215 Å².